The minimum absolute atomic E-state index is 0.298. The number of carbonyl (C=O) groups excluding carboxylic acids is 2. The lowest BCUT2D eigenvalue weighted by molar-refractivity contribution is -0.123. The van der Waals surface area contributed by atoms with E-state index in [4.69, 9.17) is 12.2 Å². The molecule has 29 heavy (non-hydrogen) atoms. The van der Waals surface area contributed by atoms with Crippen molar-refractivity contribution < 1.29 is 9.59 Å². The summed E-state index contributed by atoms with van der Waals surface area (Å²) in [5, 5.41) is 6.42. The first-order valence-corrected chi connectivity index (χ1v) is 10.3. The molecule has 2 aromatic carbocycles. The van der Waals surface area contributed by atoms with Gasteiger partial charge in [-0.25, -0.2) is 0 Å². The van der Waals surface area contributed by atoms with Crippen molar-refractivity contribution in [2.75, 3.05) is 0 Å². The Hall–Kier alpha value is -2.93. The van der Waals surface area contributed by atoms with Gasteiger partial charge in [-0.3, -0.25) is 20.4 Å². The third kappa shape index (κ3) is 6.57. The van der Waals surface area contributed by atoms with Crippen LogP contribution >= 0.6 is 12.2 Å². The van der Waals surface area contributed by atoms with Crippen molar-refractivity contribution in [1.82, 2.24) is 21.5 Å². The summed E-state index contributed by atoms with van der Waals surface area (Å²) < 4.78 is 0. The van der Waals surface area contributed by atoms with E-state index in [0.29, 0.717) is 23.1 Å². The van der Waals surface area contributed by atoms with Gasteiger partial charge in [0.1, 0.15) is 6.04 Å². The summed E-state index contributed by atoms with van der Waals surface area (Å²) in [5.74, 6) is -0.651. The van der Waals surface area contributed by atoms with Gasteiger partial charge in [0.15, 0.2) is 5.11 Å². The fourth-order valence-corrected chi connectivity index (χ4v) is 3.60. The van der Waals surface area contributed by atoms with Crippen LogP contribution in [-0.2, 0) is 11.2 Å². The lowest BCUT2D eigenvalue weighted by Gasteiger charge is -2.21. The lowest BCUT2D eigenvalue weighted by atomic mass is 10.0. The maximum absolute atomic E-state index is 12.8. The normalized spacial score (nSPS) is 14.6. The SMILES string of the molecule is O=C(N[C@@H](Cc1ccccc1)C(=O)NNC(=S)NC1CCCC1)c1ccccc1. The first kappa shape index (κ1) is 20.8. The number of nitrogens with one attached hydrogen (secondary N) is 4. The number of amides is 2. The van der Waals surface area contributed by atoms with Gasteiger partial charge in [0.25, 0.3) is 11.8 Å². The average Bonchev–Trinajstić information content (AvgIpc) is 3.26. The quantitative estimate of drug-likeness (QED) is 0.434. The Morgan fingerprint density at radius 1 is 0.931 bits per heavy atom. The summed E-state index contributed by atoms with van der Waals surface area (Å²) >= 11 is 5.27. The summed E-state index contributed by atoms with van der Waals surface area (Å²) in [4.78, 5) is 25.3. The summed E-state index contributed by atoms with van der Waals surface area (Å²) in [5.41, 5.74) is 6.84. The Morgan fingerprint density at radius 2 is 1.55 bits per heavy atom. The molecule has 1 aliphatic carbocycles. The number of benzene rings is 2. The molecular weight excluding hydrogens is 384 g/mol. The van der Waals surface area contributed by atoms with Crippen LogP contribution in [0, 0.1) is 0 Å². The van der Waals surface area contributed by atoms with Gasteiger partial charge in [0.2, 0.25) is 0 Å². The van der Waals surface area contributed by atoms with Gasteiger partial charge in [-0.15, -0.1) is 0 Å². The van der Waals surface area contributed by atoms with E-state index in [0.717, 1.165) is 18.4 Å². The second kappa shape index (κ2) is 10.6. The summed E-state index contributed by atoms with van der Waals surface area (Å²) in [6.07, 6.45) is 4.92. The average molecular weight is 411 g/mol. The van der Waals surface area contributed by atoms with Gasteiger partial charge in [-0.1, -0.05) is 61.4 Å². The molecular formula is C22H26N4O2S. The van der Waals surface area contributed by atoms with Crippen LogP contribution in [0.3, 0.4) is 0 Å². The molecule has 1 aliphatic rings. The predicted octanol–water partition coefficient (Wildman–Crippen LogP) is 2.47. The molecule has 0 aromatic heterocycles. The fraction of sp³-hybridized carbons (Fsp3) is 0.318. The van der Waals surface area contributed by atoms with E-state index in [1.54, 1.807) is 24.3 Å². The molecule has 0 bridgehead atoms. The highest BCUT2D eigenvalue weighted by molar-refractivity contribution is 7.80. The number of rotatable bonds is 6. The van der Waals surface area contributed by atoms with Crippen molar-refractivity contribution in [3.63, 3.8) is 0 Å². The topological polar surface area (TPSA) is 82.3 Å². The number of hydrogen-bond donors (Lipinski definition) is 4. The molecule has 1 fully saturated rings. The van der Waals surface area contributed by atoms with Gasteiger partial charge in [-0.05, 0) is 42.8 Å². The fourth-order valence-electron chi connectivity index (χ4n) is 3.39. The van der Waals surface area contributed by atoms with Crippen LogP contribution in [0.5, 0.6) is 0 Å². The molecule has 152 valence electrons. The number of hydrogen-bond acceptors (Lipinski definition) is 3. The zero-order valence-electron chi connectivity index (χ0n) is 16.2. The molecule has 6 nitrogen and oxygen atoms in total. The molecule has 0 radical (unpaired) electrons. The second-order valence-corrected chi connectivity index (χ2v) is 7.56. The monoisotopic (exact) mass is 410 g/mol. The first-order chi connectivity index (χ1) is 14.1. The Labute approximate surface area is 176 Å². The molecule has 0 heterocycles. The minimum atomic E-state index is -0.744. The Bertz CT molecular complexity index is 823. The van der Waals surface area contributed by atoms with Gasteiger partial charge >= 0.3 is 0 Å². The highest BCUT2D eigenvalue weighted by atomic mass is 32.1. The molecule has 1 saturated carbocycles. The van der Waals surface area contributed by atoms with E-state index in [1.807, 2.05) is 36.4 Å². The summed E-state index contributed by atoms with van der Waals surface area (Å²) in [6, 6.07) is 18.0. The number of carbonyl (C=O) groups is 2. The highest BCUT2D eigenvalue weighted by Crippen LogP contribution is 2.17. The molecule has 4 N–H and O–H groups in total. The molecule has 0 aliphatic heterocycles. The van der Waals surface area contributed by atoms with Crippen molar-refractivity contribution in [3.05, 3.63) is 71.8 Å². The molecule has 1 atom stereocenters. The maximum atomic E-state index is 12.8. The van der Waals surface area contributed by atoms with Gasteiger partial charge in [-0.2, -0.15) is 0 Å². The third-order valence-corrected chi connectivity index (χ3v) is 5.15. The van der Waals surface area contributed by atoms with Crippen molar-refractivity contribution in [2.45, 2.75) is 44.2 Å². The van der Waals surface area contributed by atoms with Crippen molar-refractivity contribution in [1.29, 1.82) is 0 Å². The Balaban J connectivity index is 1.60. The molecule has 0 spiro atoms. The van der Waals surface area contributed by atoms with Crippen LogP contribution in [0.4, 0.5) is 0 Å². The van der Waals surface area contributed by atoms with E-state index in [2.05, 4.69) is 21.5 Å². The number of hydrazine groups is 1. The Kier molecular flexibility index (Phi) is 7.58. The summed E-state index contributed by atoms with van der Waals surface area (Å²) in [7, 11) is 0. The number of thiocarbonyl (C=S) groups is 1. The van der Waals surface area contributed by atoms with Crippen molar-refractivity contribution >= 4 is 29.1 Å². The third-order valence-electron chi connectivity index (χ3n) is 4.93. The van der Waals surface area contributed by atoms with Crippen molar-refractivity contribution in [3.8, 4) is 0 Å². The van der Waals surface area contributed by atoms with E-state index in [1.165, 1.54) is 12.8 Å². The van der Waals surface area contributed by atoms with Crippen LogP contribution < -0.4 is 21.5 Å². The van der Waals surface area contributed by atoms with Crippen LogP contribution in [0.1, 0.15) is 41.6 Å². The lowest BCUT2D eigenvalue weighted by Crippen LogP contribution is -2.55. The zero-order chi connectivity index (χ0) is 20.5. The minimum Gasteiger partial charge on any atom is -0.359 e. The van der Waals surface area contributed by atoms with Crippen LogP contribution in [0.2, 0.25) is 0 Å². The van der Waals surface area contributed by atoms with Crippen LogP contribution in [0.15, 0.2) is 60.7 Å². The smallest absolute Gasteiger partial charge is 0.261 e. The molecule has 2 amide bonds. The maximum Gasteiger partial charge on any atom is 0.261 e. The van der Waals surface area contributed by atoms with E-state index >= 15 is 0 Å². The zero-order valence-corrected chi connectivity index (χ0v) is 17.0. The molecule has 0 unspecified atom stereocenters. The largest absolute Gasteiger partial charge is 0.359 e. The standard InChI is InChI=1S/C22H26N4O2S/c27-20(17-11-5-2-6-12-17)24-19(15-16-9-3-1-4-10-16)21(28)25-26-22(29)23-18-13-7-8-14-18/h1-6,9-12,18-19H,7-8,13-15H2,(H,24,27)(H,25,28)(H2,23,26,29)/t19-/m0/s1. The molecule has 0 saturated heterocycles. The molecule has 3 rings (SSSR count). The van der Waals surface area contributed by atoms with Gasteiger partial charge in [0.05, 0.1) is 0 Å². The van der Waals surface area contributed by atoms with Gasteiger partial charge in [0, 0.05) is 18.0 Å². The van der Waals surface area contributed by atoms with Gasteiger partial charge < -0.3 is 10.6 Å². The summed E-state index contributed by atoms with van der Waals surface area (Å²) in [6.45, 7) is 0. The predicted molar refractivity (Wildman–Crippen MR) is 117 cm³/mol. The highest BCUT2D eigenvalue weighted by Gasteiger charge is 2.22. The second-order valence-electron chi connectivity index (χ2n) is 7.15. The van der Waals surface area contributed by atoms with E-state index in [9.17, 15) is 9.59 Å². The van der Waals surface area contributed by atoms with E-state index < -0.39 is 6.04 Å². The molecule has 2 aromatic rings. The van der Waals surface area contributed by atoms with E-state index in [-0.39, 0.29) is 11.8 Å². The first-order valence-electron chi connectivity index (χ1n) is 9.88. The van der Waals surface area contributed by atoms with Crippen LogP contribution in [0.25, 0.3) is 0 Å². The van der Waals surface area contributed by atoms with Crippen LogP contribution in [-0.4, -0.2) is 29.0 Å². The van der Waals surface area contributed by atoms with Crippen molar-refractivity contribution in [2.24, 2.45) is 0 Å². The Morgan fingerprint density at radius 3 is 2.21 bits per heavy atom. The molecule has 7 heteroatoms.